The first-order chi connectivity index (χ1) is 11.0. The third kappa shape index (κ3) is 3.74. The smallest absolute Gasteiger partial charge is 0.307 e. The van der Waals surface area contributed by atoms with Crippen molar-refractivity contribution >= 4 is 17.6 Å². The van der Waals surface area contributed by atoms with Crippen LogP contribution in [-0.4, -0.2) is 39.3 Å². The lowest BCUT2D eigenvalue weighted by Gasteiger charge is -2.34. The van der Waals surface area contributed by atoms with Gasteiger partial charge in [0.25, 0.3) is 0 Å². The molecule has 0 bridgehead atoms. The molecule has 0 aliphatic carbocycles. The summed E-state index contributed by atoms with van der Waals surface area (Å²) in [5.41, 5.74) is 2.99. The molecule has 2 aromatic rings. The Morgan fingerprint density at radius 3 is 3.04 bits per heavy atom. The van der Waals surface area contributed by atoms with Crippen molar-refractivity contribution in [1.29, 1.82) is 0 Å². The number of aromatic nitrogens is 2. The number of nitrogens with zero attached hydrogens (tertiary/aromatic N) is 2. The normalized spacial score (nSPS) is 22.2. The van der Waals surface area contributed by atoms with Gasteiger partial charge in [0.05, 0.1) is 17.8 Å². The number of aromatic amines is 1. The van der Waals surface area contributed by atoms with Gasteiger partial charge in [0.1, 0.15) is 0 Å². The fourth-order valence-electron chi connectivity index (χ4n) is 3.34. The van der Waals surface area contributed by atoms with Crippen LogP contribution in [-0.2, 0) is 11.3 Å². The van der Waals surface area contributed by atoms with Crippen molar-refractivity contribution in [3.63, 3.8) is 0 Å². The summed E-state index contributed by atoms with van der Waals surface area (Å²) in [6.45, 7) is 4.28. The number of piperidine rings is 1. The second kappa shape index (κ2) is 6.72. The fourth-order valence-corrected chi connectivity index (χ4v) is 3.53. The molecule has 6 heteroatoms. The van der Waals surface area contributed by atoms with E-state index in [-0.39, 0.29) is 5.92 Å². The zero-order valence-electron chi connectivity index (χ0n) is 13.0. The molecule has 2 unspecified atom stereocenters. The van der Waals surface area contributed by atoms with Crippen LogP contribution in [0.5, 0.6) is 0 Å². The van der Waals surface area contributed by atoms with E-state index in [1.807, 2.05) is 30.5 Å². The summed E-state index contributed by atoms with van der Waals surface area (Å²) in [5, 5.41) is 17.2. The van der Waals surface area contributed by atoms with E-state index in [1.165, 1.54) is 0 Å². The largest absolute Gasteiger partial charge is 0.481 e. The van der Waals surface area contributed by atoms with E-state index < -0.39 is 5.97 Å². The van der Waals surface area contributed by atoms with Gasteiger partial charge in [-0.2, -0.15) is 5.10 Å². The van der Waals surface area contributed by atoms with E-state index in [4.69, 9.17) is 11.6 Å². The van der Waals surface area contributed by atoms with Crippen LogP contribution in [0.4, 0.5) is 0 Å². The third-order valence-corrected chi connectivity index (χ3v) is 4.54. The van der Waals surface area contributed by atoms with Crippen LogP contribution >= 0.6 is 11.6 Å². The van der Waals surface area contributed by atoms with Gasteiger partial charge in [-0.3, -0.25) is 14.8 Å². The highest BCUT2D eigenvalue weighted by Gasteiger charge is 2.29. The number of likely N-dealkylation sites (tertiary alicyclic amines) is 1. The van der Waals surface area contributed by atoms with E-state index in [2.05, 4.69) is 22.0 Å². The minimum atomic E-state index is -0.705. The Labute approximate surface area is 140 Å². The lowest BCUT2D eigenvalue weighted by molar-refractivity contribution is -0.144. The number of carboxylic acids is 1. The van der Waals surface area contributed by atoms with Crippen LogP contribution in [0, 0.1) is 11.8 Å². The molecule has 1 aliphatic rings. The molecule has 2 N–H and O–H groups in total. The zero-order valence-corrected chi connectivity index (χ0v) is 13.8. The average molecular weight is 334 g/mol. The molecule has 1 aromatic carbocycles. The van der Waals surface area contributed by atoms with E-state index in [0.29, 0.717) is 24.0 Å². The van der Waals surface area contributed by atoms with Gasteiger partial charge >= 0.3 is 5.97 Å². The lowest BCUT2D eigenvalue weighted by Crippen LogP contribution is -2.41. The first-order valence-corrected chi connectivity index (χ1v) is 8.14. The molecular weight excluding hydrogens is 314 g/mol. The molecule has 122 valence electrons. The Hall–Kier alpha value is -1.85. The fraction of sp³-hybridized carbons (Fsp3) is 0.412. The van der Waals surface area contributed by atoms with Crippen LogP contribution in [0.1, 0.15) is 18.9 Å². The molecule has 1 fully saturated rings. The maximum Gasteiger partial charge on any atom is 0.307 e. The van der Waals surface area contributed by atoms with Gasteiger partial charge in [0.15, 0.2) is 0 Å². The maximum atomic E-state index is 11.3. The standard InChI is InChI=1S/C17H20ClN3O2/c1-11-5-13(17(22)23)9-21(8-11)10-14-7-19-20-16(14)12-3-2-4-15(18)6-12/h2-4,6-7,11,13H,5,8-10H2,1H3,(H,19,20)(H,22,23). The maximum absolute atomic E-state index is 11.3. The van der Waals surface area contributed by atoms with Crippen molar-refractivity contribution in [3.8, 4) is 11.3 Å². The second-order valence-corrected chi connectivity index (χ2v) is 6.79. The number of H-pyrrole nitrogens is 1. The quantitative estimate of drug-likeness (QED) is 0.901. The average Bonchev–Trinajstić information content (AvgIpc) is 2.94. The Morgan fingerprint density at radius 2 is 2.30 bits per heavy atom. The summed E-state index contributed by atoms with van der Waals surface area (Å²) in [4.78, 5) is 13.5. The van der Waals surface area contributed by atoms with Crippen LogP contribution in [0.2, 0.25) is 5.02 Å². The van der Waals surface area contributed by atoms with E-state index >= 15 is 0 Å². The van der Waals surface area contributed by atoms with Gasteiger partial charge in [-0.05, 0) is 24.5 Å². The molecule has 3 rings (SSSR count). The van der Waals surface area contributed by atoms with E-state index in [0.717, 1.165) is 29.8 Å². The highest BCUT2D eigenvalue weighted by Crippen LogP contribution is 2.28. The number of carbonyl (C=O) groups is 1. The molecule has 2 atom stereocenters. The first-order valence-electron chi connectivity index (χ1n) is 7.76. The Kier molecular flexibility index (Phi) is 4.68. The second-order valence-electron chi connectivity index (χ2n) is 6.35. The van der Waals surface area contributed by atoms with Gasteiger partial charge in [0, 0.05) is 35.8 Å². The minimum absolute atomic E-state index is 0.291. The zero-order chi connectivity index (χ0) is 16.4. The summed E-state index contributed by atoms with van der Waals surface area (Å²) in [5.74, 6) is -0.615. The molecule has 1 aliphatic heterocycles. The molecule has 5 nitrogen and oxygen atoms in total. The molecule has 1 aromatic heterocycles. The Bertz CT molecular complexity index is 701. The number of nitrogens with one attached hydrogen (secondary N) is 1. The molecule has 2 heterocycles. The molecule has 0 radical (unpaired) electrons. The van der Waals surface area contributed by atoms with Gasteiger partial charge in [-0.1, -0.05) is 30.7 Å². The van der Waals surface area contributed by atoms with Gasteiger partial charge in [0.2, 0.25) is 0 Å². The summed E-state index contributed by atoms with van der Waals surface area (Å²) >= 11 is 6.07. The van der Waals surface area contributed by atoms with Crippen molar-refractivity contribution in [2.75, 3.05) is 13.1 Å². The number of hydrogen-bond donors (Lipinski definition) is 2. The highest BCUT2D eigenvalue weighted by atomic mass is 35.5. The Balaban J connectivity index is 1.79. The van der Waals surface area contributed by atoms with E-state index in [1.54, 1.807) is 0 Å². The highest BCUT2D eigenvalue weighted by molar-refractivity contribution is 6.30. The number of benzene rings is 1. The van der Waals surface area contributed by atoms with Gasteiger partial charge in [-0.15, -0.1) is 0 Å². The predicted molar refractivity (Wildman–Crippen MR) is 89.2 cm³/mol. The van der Waals surface area contributed by atoms with Crippen molar-refractivity contribution in [2.45, 2.75) is 19.9 Å². The molecular formula is C17H20ClN3O2. The molecule has 1 saturated heterocycles. The summed E-state index contributed by atoms with van der Waals surface area (Å²) in [7, 11) is 0. The molecule has 0 amide bonds. The third-order valence-electron chi connectivity index (χ3n) is 4.31. The van der Waals surface area contributed by atoms with Crippen molar-refractivity contribution in [1.82, 2.24) is 15.1 Å². The molecule has 0 spiro atoms. The van der Waals surface area contributed by atoms with Crippen LogP contribution in [0.3, 0.4) is 0 Å². The number of carboxylic acid groups (broad SMARTS) is 1. The summed E-state index contributed by atoms with van der Waals surface area (Å²) < 4.78 is 0. The number of aliphatic carboxylic acids is 1. The predicted octanol–water partition coefficient (Wildman–Crippen LogP) is 3.27. The van der Waals surface area contributed by atoms with Crippen LogP contribution in [0.15, 0.2) is 30.5 Å². The SMILES string of the molecule is CC1CC(C(=O)O)CN(Cc2cn[nH]c2-c2cccc(Cl)c2)C1. The first kappa shape index (κ1) is 16.0. The molecule has 0 saturated carbocycles. The van der Waals surface area contributed by atoms with Gasteiger partial charge in [-0.25, -0.2) is 0 Å². The minimum Gasteiger partial charge on any atom is -0.481 e. The number of halogens is 1. The van der Waals surface area contributed by atoms with Gasteiger partial charge < -0.3 is 5.11 Å². The van der Waals surface area contributed by atoms with Crippen molar-refractivity contribution in [3.05, 3.63) is 41.0 Å². The summed E-state index contributed by atoms with van der Waals surface area (Å²) in [6.07, 6.45) is 2.56. The van der Waals surface area contributed by atoms with Crippen molar-refractivity contribution in [2.24, 2.45) is 11.8 Å². The topological polar surface area (TPSA) is 69.2 Å². The number of hydrogen-bond acceptors (Lipinski definition) is 3. The Morgan fingerprint density at radius 1 is 1.48 bits per heavy atom. The lowest BCUT2D eigenvalue weighted by atomic mass is 9.90. The molecule has 23 heavy (non-hydrogen) atoms. The van der Waals surface area contributed by atoms with Crippen LogP contribution in [0.25, 0.3) is 11.3 Å². The number of rotatable bonds is 4. The monoisotopic (exact) mass is 333 g/mol. The van der Waals surface area contributed by atoms with Crippen molar-refractivity contribution < 1.29 is 9.90 Å². The van der Waals surface area contributed by atoms with Crippen LogP contribution < -0.4 is 0 Å². The van der Waals surface area contributed by atoms with E-state index in [9.17, 15) is 9.90 Å². The summed E-state index contributed by atoms with van der Waals surface area (Å²) in [6, 6.07) is 7.63.